The molecular formula is C22H20F6N2O8S2. The van der Waals surface area contributed by atoms with Crippen LogP contribution in [-0.2, 0) is 24.1 Å². The van der Waals surface area contributed by atoms with Crippen molar-refractivity contribution in [2.45, 2.75) is 33.0 Å². The fourth-order valence-corrected chi connectivity index (χ4v) is 5.12. The first kappa shape index (κ1) is 31.5. The highest BCUT2D eigenvalue weighted by molar-refractivity contribution is 8.00. The number of aliphatic hydroxyl groups excluding tert-OH is 2. The summed E-state index contributed by atoms with van der Waals surface area (Å²) in [5, 5.41) is 17.8. The summed E-state index contributed by atoms with van der Waals surface area (Å²) < 4.78 is 109. The van der Waals surface area contributed by atoms with Gasteiger partial charge in [-0.05, 0) is 42.1 Å². The van der Waals surface area contributed by atoms with Crippen LogP contribution >= 0.6 is 11.8 Å². The van der Waals surface area contributed by atoms with Crippen molar-refractivity contribution in [3.63, 3.8) is 0 Å². The molecule has 2 aliphatic rings. The lowest BCUT2D eigenvalue weighted by Gasteiger charge is -2.20. The van der Waals surface area contributed by atoms with Crippen LogP contribution in [0.4, 0.5) is 42.5 Å². The van der Waals surface area contributed by atoms with Gasteiger partial charge in [-0.15, -0.1) is 0 Å². The van der Waals surface area contributed by atoms with Crippen molar-refractivity contribution in [3.05, 3.63) is 48.5 Å². The Morgan fingerprint density at radius 3 is 2.10 bits per heavy atom. The van der Waals surface area contributed by atoms with Gasteiger partial charge in [0.1, 0.15) is 17.7 Å². The number of ether oxygens (including phenoxy) is 2. The molecule has 10 nitrogen and oxygen atoms in total. The molecule has 0 aliphatic carbocycles. The van der Waals surface area contributed by atoms with Crippen molar-refractivity contribution >= 4 is 45.0 Å². The van der Waals surface area contributed by atoms with Crippen LogP contribution in [0, 0.1) is 0 Å². The van der Waals surface area contributed by atoms with Crippen LogP contribution in [-0.4, -0.2) is 80.3 Å². The van der Waals surface area contributed by atoms with Gasteiger partial charge in [-0.25, -0.2) is 13.2 Å². The van der Waals surface area contributed by atoms with Crippen molar-refractivity contribution in [2.24, 2.45) is 0 Å². The topological polar surface area (TPSA) is 134 Å². The maximum atomic E-state index is 12.9. The van der Waals surface area contributed by atoms with E-state index in [9.17, 15) is 44.3 Å². The Morgan fingerprint density at radius 1 is 0.950 bits per heavy atom. The quantitative estimate of drug-likeness (QED) is 0.370. The molecule has 2 fully saturated rings. The third-order valence-corrected chi connectivity index (χ3v) is 7.54. The molecule has 2 aliphatic heterocycles. The number of para-hydroxylation sites is 1. The Morgan fingerprint density at radius 2 is 1.60 bits per heavy atom. The lowest BCUT2D eigenvalue weighted by molar-refractivity contribution is -0.123. The Labute approximate surface area is 227 Å². The third kappa shape index (κ3) is 7.17. The molecule has 220 valence electrons. The van der Waals surface area contributed by atoms with Crippen molar-refractivity contribution < 1.29 is 64.0 Å². The van der Waals surface area contributed by atoms with Crippen LogP contribution in [0.1, 0.15) is 0 Å². The summed E-state index contributed by atoms with van der Waals surface area (Å²) >= 11 is -0.808. The lowest BCUT2D eigenvalue weighted by atomic mass is 10.2. The highest BCUT2D eigenvalue weighted by atomic mass is 32.2. The van der Waals surface area contributed by atoms with Gasteiger partial charge in [0, 0.05) is 10.6 Å². The van der Waals surface area contributed by atoms with Crippen molar-refractivity contribution in [1.82, 2.24) is 0 Å². The lowest BCUT2D eigenvalue weighted by Crippen LogP contribution is -2.33. The highest BCUT2D eigenvalue weighted by Gasteiger charge is 2.49. The van der Waals surface area contributed by atoms with Crippen molar-refractivity contribution in [2.75, 3.05) is 36.3 Å². The van der Waals surface area contributed by atoms with Crippen LogP contribution in [0.3, 0.4) is 0 Å². The molecule has 18 heteroatoms. The van der Waals surface area contributed by atoms with E-state index in [2.05, 4.69) is 0 Å². The number of amides is 2. The first-order valence-electron chi connectivity index (χ1n) is 11.0. The van der Waals surface area contributed by atoms with Crippen LogP contribution in [0.25, 0.3) is 0 Å². The minimum atomic E-state index is -6.06. The van der Waals surface area contributed by atoms with E-state index in [0.717, 1.165) is 11.8 Å². The molecule has 2 saturated heterocycles. The summed E-state index contributed by atoms with van der Waals surface area (Å²) in [6.45, 7) is -1.19. The molecule has 0 bridgehead atoms. The number of nitrogens with zero attached hydrogens (tertiary/aromatic N) is 2. The number of rotatable bonds is 6. The van der Waals surface area contributed by atoms with Gasteiger partial charge >= 0.3 is 17.1 Å². The van der Waals surface area contributed by atoms with E-state index in [1.165, 1.54) is 4.90 Å². The van der Waals surface area contributed by atoms with Gasteiger partial charge in [-0.2, -0.15) is 26.3 Å². The zero-order valence-corrected chi connectivity index (χ0v) is 21.6. The average Bonchev–Trinajstić information content (AvgIpc) is 3.45. The zero-order chi connectivity index (χ0) is 29.9. The fourth-order valence-electron chi connectivity index (χ4n) is 3.48. The normalized spacial score (nSPS) is 19.9. The Balaban J connectivity index is 0.000000263. The standard InChI is InChI=1S/C12H9F6NO5S2.C10H11NO3/c13-11(14,15)25-6-1-2-7(19-5-24-8(4-20)10(19)21)9(3-6)26(22,23)12(16,17)18;12-7-9-6-11(10(13)14-9)8-4-2-1-3-5-8/h1-3,8,20H,4-5H2;1-5,9,12H,6-7H2. The molecule has 0 saturated carbocycles. The van der Waals surface area contributed by atoms with E-state index in [-0.39, 0.29) is 12.7 Å². The number of carbonyl (C=O) groups excluding carboxylic acids is 2. The van der Waals surface area contributed by atoms with Gasteiger partial charge in [-0.1, -0.05) is 18.2 Å². The fraction of sp³-hybridized carbons (Fsp3) is 0.364. The summed E-state index contributed by atoms with van der Waals surface area (Å²) in [7, 11) is -6.06. The minimum absolute atomic E-state index is 0.130. The molecule has 0 radical (unpaired) electrons. The Hall–Kier alpha value is -3.06. The second-order valence-electron chi connectivity index (χ2n) is 7.99. The number of aliphatic hydroxyl groups is 2. The number of sulfone groups is 1. The molecule has 4 rings (SSSR count). The number of hydrogen-bond donors (Lipinski definition) is 2. The second kappa shape index (κ2) is 12.2. The summed E-state index contributed by atoms with van der Waals surface area (Å²) in [5.74, 6) is -1.03. The summed E-state index contributed by atoms with van der Waals surface area (Å²) in [6, 6.07) is 10.8. The molecule has 2 heterocycles. The van der Waals surface area contributed by atoms with E-state index in [0.29, 0.717) is 17.5 Å². The van der Waals surface area contributed by atoms with Crippen LogP contribution in [0.5, 0.6) is 0 Å². The Kier molecular flexibility index (Phi) is 9.61. The third-order valence-electron chi connectivity index (χ3n) is 5.31. The molecule has 2 unspecified atom stereocenters. The number of hydrogen-bond acceptors (Lipinski definition) is 9. The molecule has 2 aromatic carbocycles. The van der Waals surface area contributed by atoms with Gasteiger partial charge < -0.3 is 19.7 Å². The molecule has 0 aromatic heterocycles. The molecule has 0 spiro atoms. The van der Waals surface area contributed by atoms with Gasteiger partial charge in [-0.3, -0.25) is 14.6 Å². The van der Waals surface area contributed by atoms with Crippen LogP contribution in [0.2, 0.25) is 0 Å². The molecule has 2 N–H and O–H groups in total. The van der Waals surface area contributed by atoms with E-state index in [1.54, 1.807) is 0 Å². The van der Waals surface area contributed by atoms with Gasteiger partial charge in [0.15, 0.2) is 6.10 Å². The second-order valence-corrected chi connectivity index (χ2v) is 11.0. The smallest absolute Gasteiger partial charge is 0.441 e. The average molecular weight is 619 g/mol. The maximum Gasteiger partial charge on any atom is 0.501 e. The first-order valence-corrected chi connectivity index (χ1v) is 13.3. The molecule has 40 heavy (non-hydrogen) atoms. The summed E-state index contributed by atoms with van der Waals surface area (Å²) in [4.78, 5) is 23.0. The van der Waals surface area contributed by atoms with Gasteiger partial charge in [0.2, 0.25) is 0 Å². The maximum absolute atomic E-state index is 12.9. The molecular weight excluding hydrogens is 598 g/mol. The number of alkyl halides is 6. The van der Waals surface area contributed by atoms with Gasteiger partial charge in [0.25, 0.3) is 15.7 Å². The number of thioether (sulfide) groups is 1. The van der Waals surface area contributed by atoms with Crippen molar-refractivity contribution in [3.8, 4) is 0 Å². The zero-order valence-electron chi connectivity index (χ0n) is 19.9. The minimum Gasteiger partial charge on any atom is -0.441 e. The highest BCUT2D eigenvalue weighted by Crippen LogP contribution is 2.42. The predicted molar refractivity (Wildman–Crippen MR) is 127 cm³/mol. The van der Waals surface area contributed by atoms with Gasteiger partial charge in [0.05, 0.1) is 25.4 Å². The van der Waals surface area contributed by atoms with Crippen LogP contribution < -0.4 is 9.80 Å². The van der Waals surface area contributed by atoms with Crippen LogP contribution in [0.15, 0.2) is 58.3 Å². The largest absolute Gasteiger partial charge is 0.501 e. The van der Waals surface area contributed by atoms with E-state index in [1.807, 2.05) is 30.3 Å². The number of benzene rings is 2. The molecule has 2 aromatic rings. The number of anilines is 2. The number of carbonyl (C=O) groups is 2. The SMILES string of the molecule is O=C1C(CO)OCN1c1ccc(SC(F)(F)F)cc1S(=O)(=O)C(F)(F)F.O=C1OC(CO)CN1c1ccccc1. The Bertz CT molecular complexity index is 1320. The van der Waals surface area contributed by atoms with E-state index >= 15 is 0 Å². The number of halogens is 6. The van der Waals surface area contributed by atoms with Crippen molar-refractivity contribution in [1.29, 1.82) is 0 Å². The molecule has 2 amide bonds. The monoisotopic (exact) mass is 618 g/mol. The predicted octanol–water partition coefficient (Wildman–Crippen LogP) is 3.28. The van der Waals surface area contributed by atoms with E-state index < -0.39 is 85.6 Å². The molecule has 2 atom stereocenters. The van der Waals surface area contributed by atoms with E-state index in [4.69, 9.17) is 19.7 Å². The first-order chi connectivity index (χ1) is 18.6. The number of cyclic esters (lactones) is 1. The summed E-state index contributed by atoms with van der Waals surface area (Å²) in [6.07, 6.45) is -2.21. The summed E-state index contributed by atoms with van der Waals surface area (Å²) in [5.41, 5.74) is -10.7.